The van der Waals surface area contributed by atoms with Gasteiger partial charge in [0.05, 0.1) is 5.75 Å². The maximum Gasteiger partial charge on any atom is 0.232 e. The Kier molecular flexibility index (Phi) is 3.92. The van der Waals surface area contributed by atoms with Crippen molar-refractivity contribution in [3.05, 3.63) is 0 Å². The van der Waals surface area contributed by atoms with Crippen LogP contribution in [0.3, 0.4) is 0 Å². The Bertz CT molecular complexity index is 161. The summed E-state index contributed by atoms with van der Waals surface area (Å²) in [5.41, 5.74) is 0. The van der Waals surface area contributed by atoms with Crippen molar-refractivity contribution in [1.29, 1.82) is 0 Å². The lowest BCUT2D eigenvalue weighted by atomic mass is 10.0. The second-order valence-electron chi connectivity index (χ2n) is 3.30. The van der Waals surface area contributed by atoms with Gasteiger partial charge in [0, 0.05) is 12.6 Å². The Morgan fingerprint density at radius 3 is 2.92 bits per heavy atom. The summed E-state index contributed by atoms with van der Waals surface area (Å²) in [7, 11) is 0. The van der Waals surface area contributed by atoms with Crippen molar-refractivity contribution in [1.82, 2.24) is 4.90 Å². The Balaban J connectivity index is 2.52. The molecule has 0 spiro atoms. The summed E-state index contributed by atoms with van der Waals surface area (Å²) < 4.78 is 0. The first-order valence-electron chi connectivity index (χ1n) is 4.70. The van der Waals surface area contributed by atoms with Crippen molar-refractivity contribution in [2.75, 3.05) is 12.3 Å². The van der Waals surface area contributed by atoms with E-state index >= 15 is 0 Å². The van der Waals surface area contributed by atoms with Gasteiger partial charge in [-0.3, -0.25) is 4.79 Å². The van der Waals surface area contributed by atoms with E-state index in [0.29, 0.717) is 11.8 Å². The van der Waals surface area contributed by atoms with Crippen molar-refractivity contribution in [3.63, 3.8) is 0 Å². The lowest BCUT2D eigenvalue weighted by Gasteiger charge is -2.34. The Morgan fingerprint density at radius 1 is 1.58 bits per heavy atom. The van der Waals surface area contributed by atoms with Gasteiger partial charge in [-0.05, 0) is 25.7 Å². The van der Waals surface area contributed by atoms with Crippen LogP contribution >= 0.6 is 12.6 Å². The van der Waals surface area contributed by atoms with Gasteiger partial charge in [-0.15, -0.1) is 0 Å². The van der Waals surface area contributed by atoms with Gasteiger partial charge in [-0.1, -0.05) is 6.92 Å². The Labute approximate surface area is 79.7 Å². The first-order valence-corrected chi connectivity index (χ1v) is 5.33. The minimum absolute atomic E-state index is 0.199. The van der Waals surface area contributed by atoms with Crippen molar-refractivity contribution < 1.29 is 4.79 Å². The van der Waals surface area contributed by atoms with Gasteiger partial charge < -0.3 is 4.90 Å². The fraction of sp³-hybridized carbons (Fsp3) is 0.889. The second-order valence-corrected chi connectivity index (χ2v) is 3.62. The number of piperidine rings is 1. The molecule has 1 heterocycles. The highest BCUT2D eigenvalue weighted by molar-refractivity contribution is 7.81. The van der Waals surface area contributed by atoms with Crippen LogP contribution in [-0.2, 0) is 4.79 Å². The number of amides is 1. The average molecular weight is 187 g/mol. The van der Waals surface area contributed by atoms with Gasteiger partial charge >= 0.3 is 0 Å². The van der Waals surface area contributed by atoms with Gasteiger partial charge in [0.2, 0.25) is 5.91 Å². The van der Waals surface area contributed by atoms with Crippen LogP contribution in [-0.4, -0.2) is 29.1 Å². The summed E-state index contributed by atoms with van der Waals surface area (Å²) in [4.78, 5) is 13.4. The molecule has 2 nitrogen and oxygen atoms in total. The van der Waals surface area contributed by atoms with Crippen molar-refractivity contribution in [3.8, 4) is 0 Å². The third kappa shape index (κ3) is 2.16. The summed E-state index contributed by atoms with van der Waals surface area (Å²) in [5, 5.41) is 0. The van der Waals surface area contributed by atoms with Gasteiger partial charge in [0.25, 0.3) is 0 Å². The molecule has 1 fully saturated rings. The lowest BCUT2D eigenvalue weighted by molar-refractivity contribution is -0.131. The fourth-order valence-electron chi connectivity index (χ4n) is 1.84. The zero-order valence-corrected chi connectivity index (χ0v) is 8.52. The summed E-state index contributed by atoms with van der Waals surface area (Å²) in [6.07, 6.45) is 4.69. The van der Waals surface area contributed by atoms with Crippen molar-refractivity contribution >= 4 is 18.5 Å². The largest absolute Gasteiger partial charge is 0.339 e. The number of thiol groups is 1. The zero-order valence-electron chi connectivity index (χ0n) is 7.62. The van der Waals surface area contributed by atoms with Crippen LogP contribution in [0.2, 0.25) is 0 Å². The highest BCUT2D eigenvalue weighted by Gasteiger charge is 2.23. The molecule has 1 saturated heterocycles. The van der Waals surface area contributed by atoms with Crippen molar-refractivity contribution in [2.45, 2.75) is 38.6 Å². The van der Waals surface area contributed by atoms with Crippen LogP contribution in [0.4, 0.5) is 0 Å². The number of hydrogen-bond donors (Lipinski definition) is 1. The zero-order chi connectivity index (χ0) is 8.97. The molecular formula is C9H17NOS. The number of carbonyl (C=O) groups excluding carboxylic acids is 1. The Hall–Kier alpha value is -0.180. The molecule has 0 aromatic carbocycles. The number of likely N-dealkylation sites (tertiary alicyclic amines) is 1. The molecule has 0 N–H and O–H groups in total. The first-order chi connectivity index (χ1) is 5.79. The monoisotopic (exact) mass is 187 g/mol. The maximum absolute atomic E-state index is 11.4. The van der Waals surface area contributed by atoms with Crippen LogP contribution in [0.15, 0.2) is 0 Å². The van der Waals surface area contributed by atoms with Crippen LogP contribution in [0.1, 0.15) is 32.6 Å². The number of hydrogen-bond acceptors (Lipinski definition) is 2. The SMILES string of the molecule is CCC1CCCCN1C(=O)CS. The molecule has 0 saturated carbocycles. The van der Waals surface area contributed by atoms with Crippen LogP contribution in [0.5, 0.6) is 0 Å². The molecule has 0 aliphatic carbocycles. The number of nitrogens with zero attached hydrogens (tertiary/aromatic N) is 1. The Morgan fingerprint density at radius 2 is 2.33 bits per heavy atom. The standard InChI is InChI=1S/C9H17NOS/c1-2-8-5-3-4-6-10(8)9(11)7-12/h8,12H,2-7H2,1H3. The van der Waals surface area contributed by atoms with E-state index in [4.69, 9.17) is 0 Å². The number of carbonyl (C=O) groups is 1. The second kappa shape index (κ2) is 4.75. The lowest BCUT2D eigenvalue weighted by Crippen LogP contribution is -2.43. The van der Waals surface area contributed by atoms with E-state index in [1.165, 1.54) is 12.8 Å². The summed E-state index contributed by atoms with van der Waals surface area (Å²) in [6, 6.07) is 0.485. The molecule has 0 bridgehead atoms. The molecule has 0 aromatic rings. The molecule has 1 aliphatic heterocycles. The number of rotatable bonds is 2. The van der Waals surface area contributed by atoms with Crippen LogP contribution < -0.4 is 0 Å². The molecule has 1 atom stereocenters. The van der Waals surface area contributed by atoms with Crippen LogP contribution in [0, 0.1) is 0 Å². The van der Waals surface area contributed by atoms with Crippen LogP contribution in [0.25, 0.3) is 0 Å². The van der Waals surface area contributed by atoms with E-state index in [-0.39, 0.29) is 5.91 Å². The topological polar surface area (TPSA) is 20.3 Å². The van der Waals surface area contributed by atoms with Gasteiger partial charge in [-0.25, -0.2) is 0 Å². The smallest absolute Gasteiger partial charge is 0.232 e. The van der Waals surface area contributed by atoms with Crippen molar-refractivity contribution in [2.24, 2.45) is 0 Å². The highest BCUT2D eigenvalue weighted by Crippen LogP contribution is 2.19. The van der Waals surface area contributed by atoms with E-state index in [0.717, 1.165) is 19.4 Å². The molecule has 12 heavy (non-hydrogen) atoms. The van der Waals surface area contributed by atoms with E-state index in [9.17, 15) is 4.79 Å². The molecule has 0 radical (unpaired) electrons. The van der Waals surface area contributed by atoms with Gasteiger partial charge in [0.15, 0.2) is 0 Å². The predicted molar refractivity (Wildman–Crippen MR) is 53.5 cm³/mol. The highest BCUT2D eigenvalue weighted by atomic mass is 32.1. The summed E-state index contributed by atoms with van der Waals surface area (Å²) in [5.74, 6) is 0.557. The normalized spacial score (nSPS) is 24.2. The average Bonchev–Trinajstić information content (AvgIpc) is 2.16. The van der Waals surface area contributed by atoms with E-state index < -0.39 is 0 Å². The van der Waals surface area contributed by atoms with E-state index in [2.05, 4.69) is 19.6 Å². The van der Waals surface area contributed by atoms with E-state index in [1.807, 2.05) is 4.90 Å². The minimum Gasteiger partial charge on any atom is -0.339 e. The molecule has 1 amide bonds. The molecular weight excluding hydrogens is 170 g/mol. The fourth-order valence-corrected chi connectivity index (χ4v) is 2.03. The maximum atomic E-state index is 11.4. The molecule has 1 unspecified atom stereocenters. The molecule has 70 valence electrons. The predicted octanol–water partition coefficient (Wildman–Crippen LogP) is 1.71. The van der Waals surface area contributed by atoms with Gasteiger partial charge in [-0.2, -0.15) is 12.6 Å². The quantitative estimate of drug-likeness (QED) is 0.653. The summed E-state index contributed by atoms with van der Waals surface area (Å²) in [6.45, 7) is 3.09. The van der Waals surface area contributed by atoms with Gasteiger partial charge in [0.1, 0.15) is 0 Å². The third-order valence-corrected chi connectivity index (χ3v) is 2.82. The molecule has 3 heteroatoms. The third-order valence-electron chi connectivity index (χ3n) is 2.55. The summed E-state index contributed by atoms with van der Waals surface area (Å²) >= 11 is 4.01. The molecule has 1 aliphatic rings. The van der Waals surface area contributed by atoms with E-state index in [1.54, 1.807) is 0 Å². The molecule has 1 rings (SSSR count). The minimum atomic E-state index is 0.199. The molecule has 0 aromatic heterocycles. The first kappa shape index (κ1) is 9.90.